The normalized spacial score (nSPS) is 19.8. The molecule has 1 heterocycles. The minimum atomic E-state index is -0.819. The van der Waals surface area contributed by atoms with E-state index < -0.39 is 5.97 Å². The van der Waals surface area contributed by atoms with Crippen LogP contribution in [0.4, 0.5) is 0 Å². The first-order chi connectivity index (χ1) is 9.65. The molecule has 20 heavy (non-hydrogen) atoms. The van der Waals surface area contributed by atoms with Crippen LogP contribution in [0.15, 0.2) is 24.3 Å². The van der Waals surface area contributed by atoms with Crippen molar-refractivity contribution in [1.82, 2.24) is 4.90 Å². The molecule has 1 N–H and O–H groups in total. The van der Waals surface area contributed by atoms with Crippen molar-refractivity contribution in [2.45, 2.75) is 19.4 Å². The van der Waals surface area contributed by atoms with Crippen molar-refractivity contribution >= 4 is 5.97 Å². The van der Waals surface area contributed by atoms with E-state index in [1.165, 1.54) is 0 Å². The molecule has 0 amide bonds. The third kappa shape index (κ3) is 4.51. The molecular formula is C15H21NO4. The summed E-state index contributed by atoms with van der Waals surface area (Å²) in [4.78, 5) is 12.9. The van der Waals surface area contributed by atoms with E-state index in [-0.39, 0.29) is 6.42 Å². The number of carboxylic acids is 1. The van der Waals surface area contributed by atoms with Gasteiger partial charge in [0.1, 0.15) is 12.4 Å². The smallest absolute Gasteiger partial charge is 0.307 e. The molecule has 0 aromatic heterocycles. The number of morpholine rings is 1. The first kappa shape index (κ1) is 14.8. The Labute approximate surface area is 119 Å². The molecule has 1 aliphatic heterocycles. The van der Waals surface area contributed by atoms with Crippen LogP contribution in [0.5, 0.6) is 5.75 Å². The molecule has 1 saturated heterocycles. The van der Waals surface area contributed by atoms with Crippen LogP contribution in [0.25, 0.3) is 0 Å². The lowest BCUT2D eigenvalue weighted by Crippen LogP contribution is -2.45. The topological polar surface area (TPSA) is 59.0 Å². The Hall–Kier alpha value is -1.59. The van der Waals surface area contributed by atoms with E-state index in [4.69, 9.17) is 14.6 Å². The maximum Gasteiger partial charge on any atom is 0.307 e. The lowest BCUT2D eigenvalue weighted by molar-refractivity contribution is -0.136. The summed E-state index contributed by atoms with van der Waals surface area (Å²) in [6.45, 7) is 6.17. The van der Waals surface area contributed by atoms with Crippen molar-refractivity contribution in [3.05, 3.63) is 29.8 Å². The van der Waals surface area contributed by atoms with E-state index >= 15 is 0 Å². The fourth-order valence-corrected chi connectivity index (χ4v) is 2.25. The Morgan fingerprint density at radius 1 is 1.45 bits per heavy atom. The van der Waals surface area contributed by atoms with Gasteiger partial charge >= 0.3 is 5.97 Å². The molecule has 5 heteroatoms. The second kappa shape index (κ2) is 7.26. The molecule has 0 radical (unpaired) electrons. The van der Waals surface area contributed by atoms with Crippen LogP contribution in [-0.2, 0) is 16.0 Å². The molecule has 1 atom stereocenters. The van der Waals surface area contributed by atoms with E-state index in [2.05, 4.69) is 11.8 Å². The number of carboxylic acid groups (broad SMARTS) is 1. The minimum Gasteiger partial charge on any atom is -0.492 e. The minimum absolute atomic E-state index is 0.0472. The van der Waals surface area contributed by atoms with Crippen molar-refractivity contribution in [1.29, 1.82) is 0 Å². The zero-order valence-corrected chi connectivity index (χ0v) is 11.7. The van der Waals surface area contributed by atoms with Crippen LogP contribution in [0.2, 0.25) is 0 Å². The average molecular weight is 279 g/mol. The third-order valence-corrected chi connectivity index (χ3v) is 3.43. The van der Waals surface area contributed by atoms with Crippen LogP contribution in [0.3, 0.4) is 0 Å². The predicted octanol–water partition coefficient (Wildman–Crippen LogP) is 1.41. The average Bonchev–Trinajstić information content (AvgIpc) is 2.42. The summed E-state index contributed by atoms with van der Waals surface area (Å²) in [6, 6.07) is 7.66. The van der Waals surface area contributed by atoms with Gasteiger partial charge in [0.2, 0.25) is 0 Å². The molecular weight excluding hydrogens is 258 g/mol. The Balaban J connectivity index is 1.74. The highest BCUT2D eigenvalue weighted by Gasteiger charge is 2.17. The standard InChI is InChI=1S/C15H21NO4/c1-12-11-19-8-6-16(12)7-9-20-14-4-2-13(3-5-14)10-15(17)18/h2-5,12H,6-11H2,1H3,(H,17,18). The summed E-state index contributed by atoms with van der Waals surface area (Å²) in [6.07, 6.45) is 0.0472. The van der Waals surface area contributed by atoms with E-state index in [0.717, 1.165) is 37.6 Å². The van der Waals surface area contributed by atoms with Crippen molar-refractivity contribution in [2.75, 3.05) is 32.9 Å². The van der Waals surface area contributed by atoms with Crippen LogP contribution in [0.1, 0.15) is 12.5 Å². The molecule has 0 aliphatic carbocycles. The maximum absolute atomic E-state index is 10.6. The molecule has 1 aromatic rings. The summed E-state index contributed by atoms with van der Waals surface area (Å²) in [5.41, 5.74) is 0.784. The van der Waals surface area contributed by atoms with Gasteiger partial charge in [-0.2, -0.15) is 0 Å². The van der Waals surface area contributed by atoms with Gasteiger partial charge in [0.25, 0.3) is 0 Å². The molecule has 1 aliphatic rings. The molecule has 2 rings (SSSR count). The maximum atomic E-state index is 10.6. The summed E-state index contributed by atoms with van der Waals surface area (Å²) in [5, 5.41) is 8.70. The number of rotatable bonds is 6. The zero-order valence-electron chi connectivity index (χ0n) is 11.7. The molecule has 1 fully saturated rings. The predicted molar refractivity (Wildman–Crippen MR) is 75.1 cm³/mol. The number of benzene rings is 1. The van der Waals surface area contributed by atoms with E-state index in [9.17, 15) is 4.79 Å². The summed E-state index contributed by atoms with van der Waals surface area (Å²) >= 11 is 0. The van der Waals surface area contributed by atoms with Crippen LogP contribution in [0, 0.1) is 0 Å². The Morgan fingerprint density at radius 2 is 2.20 bits per heavy atom. The molecule has 110 valence electrons. The number of nitrogens with zero attached hydrogens (tertiary/aromatic N) is 1. The number of ether oxygens (including phenoxy) is 2. The van der Waals surface area contributed by atoms with E-state index in [1.54, 1.807) is 12.1 Å². The second-order valence-corrected chi connectivity index (χ2v) is 5.02. The van der Waals surface area contributed by atoms with Crippen LogP contribution < -0.4 is 4.74 Å². The van der Waals surface area contributed by atoms with Gasteiger partial charge in [-0.1, -0.05) is 12.1 Å². The fraction of sp³-hybridized carbons (Fsp3) is 0.533. The van der Waals surface area contributed by atoms with Gasteiger partial charge in [0.15, 0.2) is 0 Å². The Kier molecular flexibility index (Phi) is 5.38. The highest BCUT2D eigenvalue weighted by molar-refractivity contribution is 5.70. The first-order valence-corrected chi connectivity index (χ1v) is 6.90. The van der Waals surface area contributed by atoms with Crippen LogP contribution >= 0.6 is 0 Å². The van der Waals surface area contributed by atoms with Gasteiger partial charge in [-0.15, -0.1) is 0 Å². The van der Waals surface area contributed by atoms with Crippen molar-refractivity contribution in [2.24, 2.45) is 0 Å². The van der Waals surface area contributed by atoms with Crippen molar-refractivity contribution in [3.8, 4) is 5.75 Å². The van der Waals surface area contributed by atoms with Gasteiger partial charge in [0.05, 0.1) is 19.6 Å². The quantitative estimate of drug-likeness (QED) is 0.853. The van der Waals surface area contributed by atoms with E-state index in [1.807, 2.05) is 12.1 Å². The van der Waals surface area contributed by atoms with E-state index in [0.29, 0.717) is 12.6 Å². The monoisotopic (exact) mass is 279 g/mol. The number of carbonyl (C=O) groups is 1. The number of aliphatic carboxylic acids is 1. The van der Waals surface area contributed by atoms with Gasteiger partial charge in [-0.05, 0) is 24.6 Å². The summed E-state index contributed by atoms with van der Waals surface area (Å²) in [5.74, 6) is -0.0416. The van der Waals surface area contributed by atoms with Crippen molar-refractivity contribution in [3.63, 3.8) is 0 Å². The van der Waals surface area contributed by atoms with Gasteiger partial charge in [-0.25, -0.2) is 0 Å². The van der Waals surface area contributed by atoms with Gasteiger partial charge < -0.3 is 14.6 Å². The molecule has 1 unspecified atom stereocenters. The van der Waals surface area contributed by atoms with Gasteiger partial charge in [0, 0.05) is 19.1 Å². The van der Waals surface area contributed by atoms with Gasteiger partial charge in [-0.3, -0.25) is 9.69 Å². The first-order valence-electron chi connectivity index (χ1n) is 6.90. The number of hydrogen-bond acceptors (Lipinski definition) is 4. The van der Waals surface area contributed by atoms with Crippen molar-refractivity contribution < 1.29 is 19.4 Å². The Morgan fingerprint density at radius 3 is 2.85 bits per heavy atom. The molecule has 1 aromatic carbocycles. The summed E-state index contributed by atoms with van der Waals surface area (Å²) < 4.78 is 11.1. The lowest BCUT2D eigenvalue weighted by atomic mass is 10.1. The third-order valence-electron chi connectivity index (χ3n) is 3.43. The second-order valence-electron chi connectivity index (χ2n) is 5.02. The largest absolute Gasteiger partial charge is 0.492 e. The zero-order chi connectivity index (χ0) is 14.4. The SMILES string of the molecule is CC1COCCN1CCOc1ccc(CC(=O)O)cc1. The molecule has 0 spiro atoms. The van der Waals surface area contributed by atoms with Crippen LogP contribution in [-0.4, -0.2) is 54.9 Å². The Bertz CT molecular complexity index is 432. The summed E-state index contributed by atoms with van der Waals surface area (Å²) in [7, 11) is 0. The highest BCUT2D eigenvalue weighted by atomic mass is 16.5. The highest BCUT2D eigenvalue weighted by Crippen LogP contribution is 2.13. The number of hydrogen-bond donors (Lipinski definition) is 1. The molecule has 0 bridgehead atoms. The molecule has 5 nitrogen and oxygen atoms in total. The lowest BCUT2D eigenvalue weighted by Gasteiger charge is -2.32. The molecule has 0 saturated carbocycles. The fourth-order valence-electron chi connectivity index (χ4n) is 2.25.